The van der Waals surface area contributed by atoms with E-state index in [-0.39, 0.29) is 6.61 Å². The average Bonchev–Trinajstić information content (AvgIpc) is 2.41. The molecule has 110 valence electrons. The Morgan fingerprint density at radius 3 is 2.55 bits per heavy atom. The second kappa shape index (κ2) is 7.75. The lowest BCUT2D eigenvalue weighted by Gasteiger charge is -2.18. The molecule has 0 fully saturated rings. The van der Waals surface area contributed by atoms with Gasteiger partial charge < -0.3 is 14.8 Å². The highest BCUT2D eigenvalue weighted by atomic mass is 35.5. The number of halogens is 1. The smallest absolute Gasteiger partial charge is 0.328 e. The molecule has 0 spiro atoms. The molecule has 0 radical (unpaired) electrons. The Hall–Kier alpha value is -1.75. The summed E-state index contributed by atoms with van der Waals surface area (Å²) in [6.45, 7) is 5.11. The Balaban J connectivity index is 2.55. The zero-order chi connectivity index (χ0) is 15.1. The molecule has 1 aromatic rings. The average molecular weight is 300 g/mol. The highest BCUT2D eigenvalue weighted by molar-refractivity contribution is 6.32. The number of para-hydroxylation sites is 1. The van der Waals surface area contributed by atoms with Crippen LogP contribution in [0.5, 0.6) is 5.75 Å². The number of ether oxygens (including phenoxy) is 2. The Bertz CT molecular complexity index is 478. The van der Waals surface area contributed by atoms with Gasteiger partial charge in [0.1, 0.15) is 11.8 Å². The van der Waals surface area contributed by atoms with Crippen molar-refractivity contribution >= 4 is 23.5 Å². The maximum absolute atomic E-state index is 11.9. The van der Waals surface area contributed by atoms with Crippen molar-refractivity contribution in [1.29, 1.82) is 0 Å². The van der Waals surface area contributed by atoms with Crippen molar-refractivity contribution in [3.05, 3.63) is 29.3 Å². The van der Waals surface area contributed by atoms with E-state index < -0.39 is 24.0 Å². The standard InChI is InChI=1S/C14H18ClNO4/c1-4-19-14(18)9(2)16-13(17)10(3)20-12-8-6-5-7-11(12)15/h5-10H,4H2,1-3H3,(H,16,17). The lowest BCUT2D eigenvalue weighted by atomic mass is 10.3. The molecule has 2 atom stereocenters. The van der Waals surface area contributed by atoms with E-state index in [0.717, 1.165) is 0 Å². The van der Waals surface area contributed by atoms with Crippen LogP contribution in [-0.4, -0.2) is 30.6 Å². The quantitative estimate of drug-likeness (QED) is 0.818. The zero-order valence-corrected chi connectivity index (χ0v) is 12.4. The van der Waals surface area contributed by atoms with Gasteiger partial charge in [0, 0.05) is 0 Å². The summed E-state index contributed by atoms with van der Waals surface area (Å²) < 4.78 is 10.3. The first kappa shape index (κ1) is 16.3. The summed E-state index contributed by atoms with van der Waals surface area (Å²) in [5.74, 6) is -0.475. The van der Waals surface area contributed by atoms with Crippen LogP contribution in [0.15, 0.2) is 24.3 Å². The van der Waals surface area contributed by atoms with Crippen LogP contribution in [-0.2, 0) is 14.3 Å². The van der Waals surface area contributed by atoms with Gasteiger partial charge in [-0.3, -0.25) is 4.79 Å². The molecule has 20 heavy (non-hydrogen) atoms. The van der Waals surface area contributed by atoms with E-state index in [1.54, 1.807) is 45.0 Å². The third-order valence-electron chi connectivity index (χ3n) is 2.51. The first-order chi connectivity index (χ1) is 9.45. The number of hydrogen-bond donors (Lipinski definition) is 1. The van der Waals surface area contributed by atoms with Crippen LogP contribution in [0.25, 0.3) is 0 Å². The Labute approximate surface area is 123 Å². The monoisotopic (exact) mass is 299 g/mol. The lowest BCUT2D eigenvalue weighted by Crippen LogP contribution is -2.45. The molecule has 0 saturated carbocycles. The summed E-state index contributed by atoms with van der Waals surface area (Å²) in [6.07, 6.45) is -0.772. The van der Waals surface area contributed by atoms with Crippen LogP contribution < -0.4 is 10.1 Å². The van der Waals surface area contributed by atoms with Crippen molar-refractivity contribution in [3.63, 3.8) is 0 Å². The molecule has 5 nitrogen and oxygen atoms in total. The number of benzene rings is 1. The number of carbonyl (C=O) groups excluding carboxylic acids is 2. The van der Waals surface area contributed by atoms with Crippen LogP contribution in [0.2, 0.25) is 5.02 Å². The fraction of sp³-hybridized carbons (Fsp3) is 0.429. The fourth-order valence-electron chi connectivity index (χ4n) is 1.44. The van der Waals surface area contributed by atoms with Crippen molar-refractivity contribution in [2.45, 2.75) is 32.9 Å². The second-order valence-electron chi connectivity index (χ2n) is 4.17. The predicted molar refractivity (Wildman–Crippen MR) is 75.8 cm³/mol. The number of hydrogen-bond acceptors (Lipinski definition) is 4. The van der Waals surface area contributed by atoms with Gasteiger partial charge in [0.05, 0.1) is 11.6 Å². The molecule has 0 saturated heterocycles. The summed E-state index contributed by atoms with van der Waals surface area (Å²) in [6, 6.07) is 6.14. The van der Waals surface area contributed by atoms with E-state index in [9.17, 15) is 9.59 Å². The van der Waals surface area contributed by atoms with Gasteiger partial charge in [-0.25, -0.2) is 4.79 Å². The van der Waals surface area contributed by atoms with Gasteiger partial charge in [-0.05, 0) is 32.9 Å². The number of esters is 1. The minimum Gasteiger partial charge on any atom is -0.479 e. The lowest BCUT2D eigenvalue weighted by molar-refractivity contribution is -0.147. The van der Waals surface area contributed by atoms with E-state index in [0.29, 0.717) is 10.8 Å². The maximum Gasteiger partial charge on any atom is 0.328 e. The summed E-state index contributed by atoms with van der Waals surface area (Å²) >= 11 is 5.94. The van der Waals surface area contributed by atoms with Gasteiger partial charge in [0.15, 0.2) is 6.10 Å². The normalized spacial score (nSPS) is 13.2. The Kier molecular flexibility index (Phi) is 6.31. The molecule has 6 heteroatoms. The minimum atomic E-state index is -0.772. The van der Waals surface area contributed by atoms with Gasteiger partial charge in [0.2, 0.25) is 0 Å². The molecular formula is C14H18ClNO4. The molecule has 1 amide bonds. The first-order valence-corrected chi connectivity index (χ1v) is 6.71. The van der Waals surface area contributed by atoms with E-state index in [1.807, 2.05) is 0 Å². The van der Waals surface area contributed by atoms with Crippen LogP contribution in [0, 0.1) is 0 Å². The van der Waals surface area contributed by atoms with Crippen molar-refractivity contribution < 1.29 is 19.1 Å². The van der Waals surface area contributed by atoms with Crippen molar-refractivity contribution in [1.82, 2.24) is 5.32 Å². The summed E-state index contributed by atoms with van der Waals surface area (Å²) in [4.78, 5) is 23.3. The van der Waals surface area contributed by atoms with Crippen LogP contribution in [0.3, 0.4) is 0 Å². The van der Waals surface area contributed by atoms with E-state index in [2.05, 4.69) is 5.32 Å². The SMILES string of the molecule is CCOC(=O)C(C)NC(=O)C(C)Oc1ccccc1Cl. The zero-order valence-electron chi connectivity index (χ0n) is 11.7. The highest BCUT2D eigenvalue weighted by Gasteiger charge is 2.22. The van der Waals surface area contributed by atoms with Gasteiger partial charge in [-0.15, -0.1) is 0 Å². The van der Waals surface area contributed by atoms with Crippen LogP contribution in [0.4, 0.5) is 0 Å². The fourth-order valence-corrected chi connectivity index (χ4v) is 1.62. The Morgan fingerprint density at radius 2 is 1.95 bits per heavy atom. The van der Waals surface area contributed by atoms with E-state index in [4.69, 9.17) is 21.1 Å². The molecule has 0 heterocycles. The number of nitrogens with one attached hydrogen (secondary N) is 1. The molecule has 2 unspecified atom stereocenters. The van der Waals surface area contributed by atoms with Crippen LogP contribution >= 0.6 is 11.6 Å². The third-order valence-corrected chi connectivity index (χ3v) is 2.82. The topological polar surface area (TPSA) is 64.6 Å². The molecule has 0 aliphatic carbocycles. The highest BCUT2D eigenvalue weighted by Crippen LogP contribution is 2.24. The van der Waals surface area contributed by atoms with Crippen LogP contribution in [0.1, 0.15) is 20.8 Å². The van der Waals surface area contributed by atoms with Gasteiger partial charge >= 0.3 is 5.97 Å². The minimum absolute atomic E-state index is 0.269. The van der Waals surface area contributed by atoms with Crippen molar-refractivity contribution in [3.8, 4) is 5.75 Å². The second-order valence-corrected chi connectivity index (χ2v) is 4.58. The molecule has 0 aliphatic heterocycles. The van der Waals surface area contributed by atoms with Crippen molar-refractivity contribution in [2.75, 3.05) is 6.61 Å². The molecule has 0 aliphatic rings. The maximum atomic E-state index is 11.9. The largest absolute Gasteiger partial charge is 0.479 e. The molecule has 1 aromatic carbocycles. The molecular weight excluding hydrogens is 282 g/mol. The third kappa shape index (κ3) is 4.74. The van der Waals surface area contributed by atoms with Gasteiger partial charge in [0.25, 0.3) is 5.91 Å². The summed E-state index contributed by atoms with van der Waals surface area (Å²) in [7, 11) is 0. The predicted octanol–water partition coefficient (Wildman–Crippen LogP) is 2.18. The van der Waals surface area contributed by atoms with Crippen molar-refractivity contribution in [2.24, 2.45) is 0 Å². The summed E-state index contributed by atoms with van der Waals surface area (Å²) in [5, 5.41) is 2.94. The van der Waals surface area contributed by atoms with Gasteiger partial charge in [-0.1, -0.05) is 23.7 Å². The molecule has 0 bridgehead atoms. The number of carbonyl (C=O) groups is 2. The van der Waals surface area contributed by atoms with E-state index in [1.165, 1.54) is 0 Å². The first-order valence-electron chi connectivity index (χ1n) is 6.34. The Morgan fingerprint density at radius 1 is 1.30 bits per heavy atom. The van der Waals surface area contributed by atoms with E-state index >= 15 is 0 Å². The molecule has 1 N–H and O–H groups in total. The number of rotatable bonds is 6. The molecule has 0 aromatic heterocycles. The summed E-state index contributed by atoms with van der Waals surface area (Å²) in [5.41, 5.74) is 0. The number of amides is 1. The van der Waals surface area contributed by atoms with Gasteiger partial charge in [-0.2, -0.15) is 0 Å². The molecule has 1 rings (SSSR count).